The molecule has 1 saturated carbocycles. The van der Waals surface area contributed by atoms with Crippen molar-refractivity contribution in [2.45, 2.75) is 46.0 Å². The quantitative estimate of drug-likeness (QED) is 0.781. The van der Waals surface area contributed by atoms with Crippen LogP contribution in [0.1, 0.15) is 32.4 Å². The fourth-order valence-electron chi connectivity index (χ4n) is 2.90. The van der Waals surface area contributed by atoms with Gasteiger partial charge in [-0.1, -0.05) is 26.0 Å². The summed E-state index contributed by atoms with van der Waals surface area (Å²) in [6.45, 7) is 4.71. The molecule has 3 rings (SSSR count). The zero-order valence-electron chi connectivity index (χ0n) is 14.2. The van der Waals surface area contributed by atoms with Crippen LogP contribution in [0.25, 0.3) is 5.69 Å². The Kier molecular flexibility index (Phi) is 4.67. The van der Waals surface area contributed by atoms with Gasteiger partial charge in [0.25, 0.3) is 0 Å². The van der Waals surface area contributed by atoms with Crippen LogP contribution in [0.5, 0.6) is 5.75 Å². The lowest BCUT2D eigenvalue weighted by molar-refractivity contribution is -0.274. The number of imidazole rings is 1. The normalized spacial score (nSPS) is 15.0. The maximum atomic E-state index is 12.8. The first-order valence-electron chi connectivity index (χ1n) is 8.41. The fraction of sp³-hybridized carbons (Fsp3) is 0.500. The second-order valence-corrected chi connectivity index (χ2v) is 6.94. The minimum Gasteiger partial charge on any atom is -0.404 e. The minimum absolute atomic E-state index is 0.101. The highest BCUT2D eigenvalue weighted by Crippen LogP contribution is 2.32. The van der Waals surface area contributed by atoms with Crippen LogP contribution in [-0.2, 0) is 13.0 Å². The van der Waals surface area contributed by atoms with Gasteiger partial charge in [-0.3, -0.25) is 9.13 Å². The molecule has 0 radical (unpaired) electrons. The molecular weight excluding hydrogens is 333 g/mol. The average molecular weight is 354 g/mol. The van der Waals surface area contributed by atoms with Crippen molar-refractivity contribution in [3.05, 3.63) is 46.6 Å². The van der Waals surface area contributed by atoms with E-state index < -0.39 is 6.36 Å². The molecule has 2 aromatic rings. The lowest BCUT2D eigenvalue weighted by atomic mass is 10.1. The van der Waals surface area contributed by atoms with Gasteiger partial charge in [-0.25, -0.2) is 4.79 Å². The summed E-state index contributed by atoms with van der Waals surface area (Å²) in [5, 5.41) is 0. The lowest BCUT2D eigenvalue weighted by Gasteiger charge is -2.13. The molecule has 136 valence electrons. The summed E-state index contributed by atoms with van der Waals surface area (Å²) in [5.41, 5.74) is 0.624. The molecule has 7 heteroatoms. The predicted molar refractivity (Wildman–Crippen MR) is 88.0 cm³/mol. The van der Waals surface area contributed by atoms with Crippen LogP contribution in [0.4, 0.5) is 13.2 Å². The Morgan fingerprint density at radius 2 is 1.92 bits per heavy atom. The third-order valence-corrected chi connectivity index (χ3v) is 4.17. The Hall–Kier alpha value is -2.18. The van der Waals surface area contributed by atoms with Crippen molar-refractivity contribution < 1.29 is 17.9 Å². The molecule has 1 aromatic heterocycles. The van der Waals surface area contributed by atoms with Crippen LogP contribution in [0.2, 0.25) is 0 Å². The van der Waals surface area contributed by atoms with Gasteiger partial charge in [-0.2, -0.15) is 0 Å². The number of benzene rings is 1. The van der Waals surface area contributed by atoms with Gasteiger partial charge in [0.05, 0.1) is 5.69 Å². The molecule has 4 nitrogen and oxygen atoms in total. The Bertz CT molecular complexity index is 801. The number of ether oxygens (including phenoxy) is 1. The van der Waals surface area contributed by atoms with Crippen LogP contribution in [0, 0.1) is 11.8 Å². The summed E-state index contributed by atoms with van der Waals surface area (Å²) in [4.78, 5) is 12.8. The van der Waals surface area contributed by atoms with Gasteiger partial charge < -0.3 is 4.74 Å². The number of aromatic nitrogens is 2. The highest BCUT2D eigenvalue weighted by molar-refractivity contribution is 5.47. The van der Waals surface area contributed by atoms with E-state index in [2.05, 4.69) is 4.74 Å². The van der Waals surface area contributed by atoms with Crippen molar-refractivity contribution in [1.82, 2.24) is 9.13 Å². The van der Waals surface area contributed by atoms with E-state index >= 15 is 0 Å². The third-order valence-electron chi connectivity index (χ3n) is 4.17. The van der Waals surface area contributed by atoms with Crippen LogP contribution < -0.4 is 10.4 Å². The molecule has 1 aromatic carbocycles. The summed E-state index contributed by atoms with van der Waals surface area (Å²) >= 11 is 0. The minimum atomic E-state index is -4.81. The van der Waals surface area contributed by atoms with Crippen LogP contribution in [0.3, 0.4) is 0 Å². The van der Waals surface area contributed by atoms with Crippen molar-refractivity contribution >= 4 is 0 Å². The number of rotatable bonds is 6. The largest absolute Gasteiger partial charge is 0.573 e. The maximum absolute atomic E-state index is 12.8. The van der Waals surface area contributed by atoms with Crippen LogP contribution in [0.15, 0.2) is 35.3 Å². The number of hydrogen-bond donors (Lipinski definition) is 0. The number of hydrogen-bond acceptors (Lipinski definition) is 2. The molecule has 1 fully saturated rings. The monoisotopic (exact) mass is 354 g/mol. The highest BCUT2D eigenvalue weighted by Gasteiger charge is 2.33. The second-order valence-electron chi connectivity index (χ2n) is 6.94. The van der Waals surface area contributed by atoms with Gasteiger partial charge in [-0.15, -0.1) is 13.2 Å². The third kappa shape index (κ3) is 4.27. The van der Waals surface area contributed by atoms with Gasteiger partial charge >= 0.3 is 12.1 Å². The molecule has 1 aliphatic carbocycles. The molecule has 0 atom stereocenters. The topological polar surface area (TPSA) is 36.2 Å². The Balaban J connectivity index is 2.05. The highest BCUT2D eigenvalue weighted by atomic mass is 19.4. The zero-order valence-corrected chi connectivity index (χ0v) is 14.2. The van der Waals surface area contributed by atoms with Crippen LogP contribution >= 0.6 is 0 Å². The van der Waals surface area contributed by atoms with E-state index in [1.165, 1.54) is 22.8 Å². The summed E-state index contributed by atoms with van der Waals surface area (Å²) in [5.74, 6) is 0.445. The van der Waals surface area contributed by atoms with Crippen molar-refractivity contribution in [3.63, 3.8) is 0 Å². The molecule has 0 unspecified atom stereocenters. The fourth-order valence-corrected chi connectivity index (χ4v) is 2.90. The first-order valence-corrected chi connectivity index (χ1v) is 8.41. The standard InChI is InChI=1S/C18H21F3N2O2/c1-12(2)9-14-11-23(17(24)22(14)10-13-7-8-13)15-5-3-4-6-16(15)25-18(19,20)21/h3-6,11-13H,7-10H2,1-2H3. The molecule has 0 saturated heterocycles. The van der Waals surface area contributed by atoms with Crippen molar-refractivity contribution in [2.24, 2.45) is 11.8 Å². The molecule has 0 N–H and O–H groups in total. The van der Waals surface area contributed by atoms with Crippen LogP contribution in [-0.4, -0.2) is 15.5 Å². The van der Waals surface area contributed by atoms with E-state index in [0.717, 1.165) is 18.5 Å². The van der Waals surface area contributed by atoms with E-state index in [1.807, 2.05) is 13.8 Å². The van der Waals surface area contributed by atoms with E-state index in [0.29, 0.717) is 24.8 Å². The van der Waals surface area contributed by atoms with E-state index in [4.69, 9.17) is 0 Å². The molecular formula is C18H21F3N2O2. The Morgan fingerprint density at radius 3 is 2.52 bits per heavy atom. The SMILES string of the molecule is CC(C)Cc1cn(-c2ccccc2OC(F)(F)F)c(=O)n1CC1CC1. The van der Waals surface area contributed by atoms with E-state index in [-0.39, 0.29) is 17.1 Å². The van der Waals surface area contributed by atoms with E-state index in [1.54, 1.807) is 16.8 Å². The first kappa shape index (κ1) is 17.6. The molecule has 0 amide bonds. The van der Waals surface area contributed by atoms with E-state index in [9.17, 15) is 18.0 Å². The van der Waals surface area contributed by atoms with Crippen molar-refractivity contribution in [2.75, 3.05) is 0 Å². The summed E-state index contributed by atoms with van der Waals surface area (Å²) in [7, 11) is 0. The molecule has 1 aliphatic rings. The maximum Gasteiger partial charge on any atom is 0.573 e. The smallest absolute Gasteiger partial charge is 0.404 e. The van der Waals surface area contributed by atoms with Gasteiger partial charge in [-0.05, 0) is 43.2 Å². The van der Waals surface area contributed by atoms with Gasteiger partial charge in [0.2, 0.25) is 0 Å². The Morgan fingerprint density at radius 1 is 1.24 bits per heavy atom. The summed E-state index contributed by atoms with van der Waals surface area (Å²) in [6.07, 6.45) is -0.295. The number of alkyl halides is 3. The molecule has 25 heavy (non-hydrogen) atoms. The number of para-hydroxylation sites is 2. The predicted octanol–water partition coefficient (Wildman–Crippen LogP) is 4.15. The molecule has 0 spiro atoms. The Labute approximate surface area is 143 Å². The summed E-state index contributed by atoms with van der Waals surface area (Å²) in [6, 6.07) is 5.72. The van der Waals surface area contributed by atoms with Gasteiger partial charge in [0, 0.05) is 18.4 Å². The molecule has 1 heterocycles. The first-order chi connectivity index (χ1) is 11.7. The summed E-state index contributed by atoms with van der Waals surface area (Å²) < 4.78 is 45.0. The lowest BCUT2D eigenvalue weighted by Crippen LogP contribution is -2.26. The van der Waals surface area contributed by atoms with Gasteiger partial charge in [0.1, 0.15) is 0 Å². The zero-order chi connectivity index (χ0) is 18.2. The number of nitrogens with zero attached hydrogens (tertiary/aromatic N) is 2. The molecule has 0 bridgehead atoms. The van der Waals surface area contributed by atoms with Crippen molar-refractivity contribution in [1.29, 1.82) is 0 Å². The van der Waals surface area contributed by atoms with Crippen molar-refractivity contribution in [3.8, 4) is 11.4 Å². The second kappa shape index (κ2) is 6.61. The van der Waals surface area contributed by atoms with Gasteiger partial charge in [0.15, 0.2) is 5.75 Å². The number of halogens is 3. The molecule has 0 aliphatic heterocycles. The average Bonchev–Trinajstić information content (AvgIpc) is 3.26.